The molecular formula is C23H30O7. The molecule has 0 unspecified atom stereocenters. The molecule has 0 N–H and O–H groups in total. The van der Waals surface area contributed by atoms with Crippen LogP contribution in [0.5, 0.6) is 17.2 Å². The normalized spacial score (nSPS) is 25.1. The van der Waals surface area contributed by atoms with Crippen molar-refractivity contribution in [2.24, 2.45) is 11.3 Å². The second kappa shape index (κ2) is 9.00. The summed E-state index contributed by atoms with van der Waals surface area (Å²) in [6.45, 7) is 2.75. The summed E-state index contributed by atoms with van der Waals surface area (Å²) >= 11 is 0. The van der Waals surface area contributed by atoms with Crippen molar-refractivity contribution in [3.8, 4) is 17.2 Å². The van der Waals surface area contributed by atoms with Crippen LogP contribution in [0.25, 0.3) is 0 Å². The van der Waals surface area contributed by atoms with Gasteiger partial charge in [-0.1, -0.05) is 6.92 Å². The molecule has 3 rings (SSSR count). The quantitative estimate of drug-likeness (QED) is 0.564. The van der Waals surface area contributed by atoms with Crippen LogP contribution in [0.1, 0.15) is 31.4 Å². The van der Waals surface area contributed by atoms with Gasteiger partial charge in [0.2, 0.25) is 11.5 Å². The van der Waals surface area contributed by atoms with E-state index in [0.29, 0.717) is 35.4 Å². The van der Waals surface area contributed by atoms with Crippen LogP contribution < -0.4 is 14.2 Å². The SMILES string of the molecule is COCCC[C@@]12C=C(OC)C(=O)C=C1O[C@@H](c1cc(OC)c(OC)c(OC)c1)[C@@H]2C. The third-order valence-electron chi connectivity index (χ3n) is 6.05. The summed E-state index contributed by atoms with van der Waals surface area (Å²) in [6, 6.07) is 3.79. The zero-order valence-corrected chi connectivity index (χ0v) is 18.4. The summed E-state index contributed by atoms with van der Waals surface area (Å²) in [5.74, 6) is 2.49. The highest BCUT2D eigenvalue weighted by Gasteiger charge is 2.53. The lowest BCUT2D eigenvalue weighted by Gasteiger charge is -2.32. The number of rotatable bonds is 9. The van der Waals surface area contributed by atoms with E-state index in [2.05, 4.69) is 6.92 Å². The van der Waals surface area contributed by atoms with Crippen LogP contribution >= 0.6 is 0 Å². The Morgan fingerprint density at radius 2 is 1.67 bits per heavy atom. The van der Waals surface area contributed by atoms with Gasteiger partial charge in [-0.15, -0.1) is 0 Å². The molecule has 2 aliphatic rings. The zero-order chi connectivity index (χ0) is 21.9. The van der Waals surface area contributed by atoms with Crippen molar-refractivity contribution in [3.63, 3.8) is 0 Å². The van der Waals surface area contributed by atoms with E-state index in [0.717, 1.165) is 18.4 Å². The first-order valence-electron chi connectivity index (χ1n) is 9.94. The zero-order valence-electron chi connectivity index (χ0n) is 18.4. The van der Waals surface area contributed by atoms with Gasteiger partial charge < -0.3 is 28.4 Å². The second-order valence-electron chi connectivity index (χ2n) is 7.51. The van der Waals surface area contributed by atoms with E-state index in [1.165, 1.54) is 7.11 Å². The molecule has 7 nitrogen and oxygen atoms in total. The van der Waals surface area contributed by atoms with Crippen molar-refractivity contribution >= 4 is 5.78 Å². The van der Waals surface area contributed by atoms with Gasteiger partial charge in [-0.3, -0.25) is 4.79 Å². The van der Waals surface area contributed by atoms with Crippen LogP contribution in [0.4, 0.5) is 0 Å². The lowest BCUT2D eigenvalue weighted by Crippen LogP contribution is -2.30. The van der Waals surface area contributed by atoms with Crippen molar-refractivity contribution in [2.45, 2.75) is 25.9 Å². The van der Waals surface area contributed by atoms with Crippen LogP contribution in [0.2, 0.25) is 0 Å². The Labute approximate surface area is 177 Å². The van der Waals surface area contributed by atoms with Gasteiger partial charge in [0, 0.05) is 31.3 Å². The van der Waals surface area contributed by atoms with Crippen LogP contribution in [-0.4, -0.2) is 47.9 Å². The molecule has 1 aromatic carbocycles. The minimum atomic E-state index is -0.456. The fraction of sp³-hybridized carbons (Fsp3) is 0.522. The van der Waals surface area contributed by atoms with Crippen LogP contribution in [-0.2, 0) is 19.0 Å². The fourth-order valence-corrected chi connectivity index (χ4v) is 4.42. The standard InChI is InChI=1S/C23H30O7/c1-14-21(15-10-17(26-3)22(29-6)18(11-15)27-4)30-20-12-16(24)19(28-5)13-23(14,20)8-7-9-25-2/h10-14,21H,7-9H2,1-6H3/t14-,21+,23-/m0/s1. The van der Waals surface area contributed by atoms with Gasteiger partial charge in [-0.25, -0.2) is 0 Å². The predicted octanol–water partition coefficient (Wildman–Crippen LogP) is 3.83. The molecule has 1 heterocycles. The van der Waals surface area contributed by atoms with Crippen LogP contribution in [0.3, 0.4) is 0 Å². The molecule has 3 atom stereocenters. The Morgan fingerprint density at radius 1 is 1.00 bits per heavy atom. The second-order valence-corrected chi connectivity index (χ2v) is 7.51. The Hall–Kier alpha value is -2.67. The number of benzene rings is 1. The molecule has 0 saturated carbocycles. The molecular weight excluding hydrogens is 388 g/mol. The van der Waals surface area contributed by atoms with Crippen molar-refractivity contribution < 1.29 is 33.2 Å². The predicted molar refractivity (Wildman–Crippen MR) is 111 cm³/mol. The maximum Gasteiger partial charge on any atom is 0.223 e. The van der Waals surface area contributed by atoms with Gasteiger partial charge in [0.25, 0.3) is 0 Å². The number of ether oxygens (including phenoxy) is 6. The van der Waals surface area contributed by atoms with Crippen LogP contribution in [0, 0.1) is 11.3 Å². The number of fused-ring (bicyclic) bond motifs is 1. The molecule has 1 aliphatic carbocycles. The molecule has 30 heavy (non-hydrogen) atoms. The Morgan fingerprint density at radius 3 is 2.20 bits per heavy atom. The summed E-state index contributed by atoms with van der Waals surface area (Å²) in [5, 5.41) is 0. The minimum absolute atomic E-state index is 0.0293. The third kappa shape index (κ3) is 3.62. The van der Waals surface area contributed by atoms with Crippen LogP contribution in [0.15, 0.2) is 35.8 Å². The number of methoxy groups -OCH3 is 5. The molecule has 1 fully saturated rings. The molecule has 0 aromatic heterocycles. The van der Waals surface area contributed by atoms with Gasteiger partial charge in [0.1, 0.15) is 11.9 Å². The lowest BCUT2D eigenvalue weighted by atomic mass is 9.68. The number of allylic oxidation sites excluding steroid dienone is 2. The maximum absolute atomic E-state index is 12.4. The molecule has 1 aromatic rings. The number of hydrogen-bond donors (Lipinski definition) is 0. The highest BCUT2D eigenvalue weighted by Crippen LogP contribution is 2.58. The summed E-state index contributed by atoms with van der Waals surface area (Å²) in [7, 11) is 7.94. The third-order valence-corrected chi connectivity index (χ3v) is 6.05. The summed E-state index contributed by atoms with van der Waals surface area (Å²) in [6.07, 6.45) is 4.77. The monoisotopic (exact) mass is 418 g/mol. The number of ketones is 1. The lowest BCUT2D eigenvalue weighted by molar-refractivity contribution is -0.114. The molecule has 0 spiro atoms. The molecule has 0 radical (unpaired) electrons. The summed E-state index contributed by atoms with van der Waals surface area (Å²) in [4.78, 5) is 12.4. The van der Waals surface area contributed by atoms with Gasteiger partial charge in [-0.05, 0) is 31.1 Å². The first-order valence-corrected chi connectivity index (χ1v) is 9.94. The topological polar surface area (TPSA) is 72.5 Å². The first kappa shape index (κ1) is 22.0. The average Bonchev–Trinajstić information content (AvgIpc) is 3.03. The van der Waals surface area contributed by atoms with Crippen molar-refractivity contribution in [2.75, 3.05) is 42.2 Å². The smallest absolute Gasteiger partial charge is 0.223 e. The Bertz CT molecular complexity index is 832. The Kier molecular flexibility index (Phi) is 6.61. The molecule has 0 bridgehead atoms. The van der Waals surface area contributed by atoms with Crippen molar-refractivity contribution in [1.82, 2.24) is 0 Å². The fourth-order valence-electron chi connectivity index (χ4n) is 4.42. The van der Waals surface area contributed by atoms with Gasteiger partial charge in [0.05, 0.1) is 33.9 Å². The molecule has 1 saturated heterocycles. The molecule has 1 aliphatic heterocycles. The van der Waals surface area contributed by atoms with Crippen molar-refractivity contribution in [3.05, 3.63) is 41.4 Å². The maximum atomic E-state index is 12.4. The van der Waals surface area contributed by atoms with E-state index >= 15 is 0 Å². The number of carbonyl (C=O) groups is 1. The van der Waals surface area contributed by atoms with E-state index in [4.69, 9.17) is 28.4 Å². The highest BCUT2D eigenvalue weighted by molar-refractivity contribution is 6.04. The number of carbonyl (C=O) groups excluding carboxylic acids is 1. The number of hydrogen-bond acceptors (Lipinski definition) is 7. The van der Waals surface area contributed by atoms with Gasteiger partial charge in [0.15, 0.2) is 17.3 Å². The highest BCUT2D eigenvalue weighted by atomic mass is 16.5. The Balaban J connectivity index is 2.06. The summed E-state index contributed by atoms with van der Waals surface area (Å²) < 4.78 is 33.5. The van der Waals surface area contributed by atoms with Crippen molar-refractivity contribution in [1.29, 1.82) is 0 Å². The largest absolute Gasteiger partial charge is 0.493 e. The summed E-state index contributed by atoms with van der Waals surface area (Å²) in [5.41, 5.74) is 0.432. The molecule has 0 amide bonds. The molecule has 7 heteroatoms. The van der Waals surface area contributed by atoms with E-state index in [9.17, 15) is 4.79 Å². The van der Waals surface area contributed by atoms with E-state index in [-0.39, 0.29) is 17.8 Å². The van der Waals surface area contributed by atoms with E-state index < -0.39 is 5.41 Å². The van der Waals surface area contributed by atoms with Gasteiger partial charge in [-0.2, -0.15) is 0 Å². The van der Waals surface area contributed by atoms with Gasteiger partial charge >= 0.3 is 0 Å². The molecule has 164 valence electrons. The van der Waals surface area contributed by atoms with E-state index in [1.54, 1.807) is 34.5 Å². The average molecular weight is 418 g/mol. The first-order chi connectivity index (χ1) is 14.4. The van der Waals surface area contributed by atoms with E-state index in [1.807, 2.05) is 18.2 Å². The minimum Gasteiger partial charge on any atom is -0.493 e.